The Hall–Kier alpha value is -3.41. The molecule has 1 atom stereocenters. The predicted molar refractivity (Wildman–Crippen MR) is 353 cm³/mol. The molecule has 0 spiro atoms. The lowest BCUT2D eigenvalue weighted by molar-refractivity contribution is -0.167. The average molecular weight is 1130 g/mol. The molecule has 0 heterocycles. The Morgan fingerprint density at radius 3 is 0.753 bits per heavy atom. The minimum absolute atomic E-state index is 0.0778. The summed E-state index contributed by atoms with van der Waals surface area (Å²) in [7, 11) is 0. The summed E-state index contributed by atoms with van der Waals surface area (Å²) < 4.78 is 16.8. The molecule has 0 aliphatic heterocycles. The van der Waals surface area contributed by atoms with Crippen LogP contribution in [-0.4, -0.2) is 37.2 Å². The van der Waals surface area contributed by atoms with E-state index in [1.165, 1.54) is 205 Å². The van der Waals surface area contributed by atoms with Gasteiger partial charge >= 0.3 is 17.9 Å². The Morgan fingerprint density at radius 1 is 0.259 bits per heavy atom. The number of unbranched alkanes of at least 4 members (excludes halogenated alkanes) is 39. The van der Waals surface area contributed by atoms with Crippen LogP contribution in [0.2, 0.25) is 0 Å². The Balaban J connectivity index is 3.93. The van der Waals surface area contributed by atoms with Crippen molar-refractivity contribution < 1.29 is 28.6 Å². The number of hydrogen-bond acceptors (Lipinski definition) is 6. The summed E-state index contributed by atoms with van der Waals surface area (Å²) in [5.74, 6) is -0.889. The monoisotopic (exact) mass is 1130 g/mol. The zero-order chi connectivity index (χ0) is 58.5. The van der Waals surface area contributed by atoms with E-state index in [1.54, 1.807) is 0 Å². The molecular weight excluding hydrogens is 997 g/mol. The van der Waals surface area contributed by atoms with E-state index in [0.717, 1.165) is 109 Å². The van der Waals surface area contributed by atoms with Gasteiger partial charge in [0, 0.05) is 19.3 Å². The van der Waals surface area contributed by atoms with Crippen LogP contribution in [0.25, 0.3) is 0 Å². The zero-order valence-electron chi connectivity index (χ0n) is 53.8. The van der Waals surface area contributed by atoms with E-state index in [9.17, 15) is 14.4 Å². The highest BCUT2D eigenvalue weighted by atomic mass is 16.6. The fourth-order valence-electron chi connectivity index (χ4n) is 10.2. The van der Waals surface area contributed by atoms with Crippen molar-refractivity contribution in [3.8, 4) is 0 Å². The molecule has 0 aromatic carbocycles. The van der Waals surface area contributed by atoms with Gasteiger partial charge in [-0.05, 0) is 96.3 Å². The van der Waals surface area contributed by atoms with Gasteiger partial charge in [-0.15, -0.1) is 0 Å². The molecule has 6 nitrogen and oxygen atoms in total. The molecule has 0 amide bonds. The highest BCUT2D eigenvalue weighted by molar-refractivity contribution is 5.71. The molecule has 0 aliphatic rings. The number of rotatable bonds is 64. The molecule has 468 valence electrons. The molecule has 6 heteroatoms. The van der Waals surface area contributed by atoms with E-state index in [1.807, 2.05) is 0 Å². The van der Waals surface area contributed by atoms with Gasteiger partial charge in [0.1, 0.15) is 13.2 Å². The van der Waals surface area contributed by atoms with Gasteiger partial charge in [0.25, 0.3) is 0 Å². The Kier molecular flexibility index (Phi) is 66.2. The van der Waals surface area contributed by atoms with Gasteiger partial charge in [-0.3, -0.25) is 14.4 Å². The van der Waals surface area contributed by atoms with E-state index < -0.39 is 6.10 Å². The van der Waals surface area contributed by atoms with Crippen LogP contribution in [0.3, 0.4) is 0 Å². The predicted octanol–water partition coefficient (Wildman–Crippen LogP) is 24.2. The Labute approximate surface area is 503 Å². The highest BCUT2D eigenvalue weighted by Crippen LogP contribution is 2.18. The molecule has 0 bridgehead atoms. The molecule has 0 aliphatic carbocycles. The number of carbonyl (C=O) groups is 3. The molecule has 0 aromatic rings. The lowest BCUT2D eigenvalue weighted by Crippen LogP contribution is -2.30. The molecule has 0 aromatic heterocycles. The molecule has 0 saturated carbocycles. The Bertz CT molecular complexity index is 1530. The number of carbonyl (C=O) groups excluding carboxylic acids is 3. The van der Waals surface area contributed by atoms with Crippen molar-refractivity contribution >= 4 is 17.9 Å². The third-order valence-corrected chi connectivity index (χ3v) is 15.4. The third kappa shape index (κ3) is 67.3. The van der Waals surface area contributed by atoms with Gasteiger partial charge in [0.05, 0.1) is 0 Å². The van der Waals surface area contributed by atoms with Crippen LogP contribution in [0, 0.1) is 0 Å². The van der Waals surface area contributed by atoms with Crippen molar-refractivity contribution in [2.24, 2.45) is 0 Å². The third-order valence-electron chi connectivity index (χ3n) is 15.4. The minimum Gasteiger partial charge on any atom is -0.462 e. The summed E-state index contributed by atoms with van der Waals surface area (Å²) in [4.78, 5) is 38.0. The summed E-state index contributed by atoms with van der Waals surface area (Å²) >= 11 is 0. The number of esters is 3. The first kappa shape index (κ1) is 77.6. The summed E-state index contributed by atoms with van der Waals surface area (Å²) in [6.45, 7) is 6.46. The lowest BCUT2D eigenvalue weighted by atomic mass is 10.0. The van der Waals surface area contributed by atoms with Gasteiger partial charge in [-0.2, -0.15) is 0 Å². The fourth-order valence-corrected chi connectivity index (χ4v) is 10.2. The van der Waals surface area contributed by atoms with E-state index in [4.69, 9.17) is 14.2 Å². The maximum atomic E-state index is 12.8. The van der Waals surface area contributed by atoms with Crippen LogP contribution in [0.15, 0.2) is 85.1 Å². The molecule has 0 rings (SSSR count). The average Bonchev–Trinajstić information content (AvgIpc) is 3.47. The molecule has 0 radical (unpaired) electrons. The number of hydrogen-bond donors (Lipinski definition) is 0. The van der Waals surface area contributed by atoms with Gasteiger partial charge in [-0.25, -0.2) is 0 Å². The topological polar surface area (TPSA) is 78.9 Å². The van der Waals surface area contributed by atoms with Crippen molar-refractivity contribution in [2.45, 2.75) is 361 Å². The fraction of sp³-hybridized carbons (Fsp3) is 0.773. The molecular formula is C75H132O6. The lowest BCUT2D eigenvalue weighted by Gasteiger charge is -2.18. The second-order valence-electron chi connectivity index (χ2n) is 23.4. The number of ether oxygens (including phenoxy) is 3. The molecule has 81 heavy (non-hydrogen) atoms. The summed E-state index contributed by atoms with van der Waals surface area (Å²) in [5.41, 5.74) is 0. The van der Waals surface area contributed by atoms with Crippen LogP contribution in [0.4, 0.5) is 0 Å². The first-order valence-corrected chi connectivity index (χ1v) is 35.1. The number of allylic oxidation sites excluding steroid dienone is 14. The first-order valence-electron chi connectivity index (χ1n) is 35.1. The van der Waals surface area contributed by atoms with Gasteiger partial charge < -0.3 is 14.2 Å². The van der Waals surface area contributed by atoms with Crippen LogP contribution in [0.1, 0.15) is 355 Å². The quantitative estimate of drug-likeness (QED) is 0.0261. The smallest absolute Gasteiger partial charge is 0.306 e. The van der Waals surface area contributed by atoms with Crippen molar-refractivity contribution in [2.75, 3.05) is 13.2 Å². The molecule has 0 N–H and O–H groups in total. The summed E-state index contributed by atoms with van der Waals surface area (Å²) in [6.07, 6.45) is 92.5. The molecule has 0 saturated heterocycles. The summed E-state index contributed by atoms with van der Waals surface area (Å²) in [6, 6.07) is 0. The van der Waals surface area contributed by atoms with Crippen LogP contribution in [0.5, 0.6) is 0 Å². The highest BCUT2D eigenvalue weighted by Gasteiger charge is 2.19. The van der Waals surface area contributed by atoms with Crippen molar-refractivity contribution in [3.05, 3.63) is 85.1 Å². The maximum Gasteiger partial charge on any atom is 0.306 e. The van der Waals surface area contributed by atoms with Gasteiger partial charge in [0.15, 0.2) is 6.10 Å². The van der Waals surface area contributed by atoms with Crippen molar-refractivity contribution in [1.29, 1.82) is 0 Å². The SMILES string of the molecule is CC/C=C\C/C=C\C/C=C\C/C=C\C/C=C\CCCCCCCCCC(=O)OC(COC(=O)CCCCCCC)COC(=O)CCCCCCCCCCCCCCCCCCCCCCCCC/C=C\C/C=C\CCCCCCC. The standard InChI is InChI=1S/C75H132O6/c1-4-7-10-13-15-17-19-21-23-25-27-29-31-32-33-34-35-36-37-38-39-40-41-42-44-45-47-49-51-53-55-57-59-62-65-68-74(77)80-71-72(70-79-73(76)67-64-61-12-9-6-3)81-75(78)69-66-63-60-58-56-54-52-50-48-46-43-30-28-26-24-22-20-18-16-14-11-8-5-2/h8,11,16,18-19,21-22,24-25,27-28,30,46,48,72H,4-7,9-10,12-15,17,20,23,26,29,31-45,47,49-71H2,1-3H3/b11-8-,18-16-,21-19-,24-22-,27-25-,30-28-,48-46-. The van der Waals surface area contributed by atoms with E-state index in [0.29, 0.717) is 19.3 Å². The van der Waals surface area contributed by atoms with Crippen LogP contribution in [-0.2, 0) is 28.6 Å². The van der Waals surface area contributed by atoms with Crippen molar-refractivity contribution in [3.63, 3.8) is 0 Å². The summed E-state index contributed by atoms with van der Waals surface area (Å²) in [5, 5.41) is 0. The van der Waals surface area contributed by atoms with Crippen LogP contribution >= 0.6 is 0 Å². The minimum atomic E-state index is -0.778. The molecule has 1 unspecified atom stereocenters. The Morgan fingerprint density at radius 2 is 0.481 bits per heavy atom. The van der Waals surface area contributed by atoms with E-state index in [2.05, 4.69) is 106 Å². The van der Waals surface area contributed by atoms with E-state index >= 15 is 0 Å². The van der Waals surface area contributed by atoms with Gasteiger partial charge in [-0.1, -0.05) is 324 Å². The second kappa shape index (κ2) is 69.1. The normalized spacial score (nSPS) is 12.6. The van der Waals surface area contributed by atoms with Crippen LogP contribution < -0.4 is 0 Å². The zero-order valence-corrected chi connectivity index (χ0v) is 53.8. The van der Waals surface area contributed by atoms with E-state index in [-0.39, 0.29) is 31.1 Å². The second-order valence-corrected chi connectivity index (χ2v) is 23.4. The van der Waals surface area contributed by atoms with Crippen molar-refractivity contribution in [1.82, 2.24) is 0 Å². The van der Waals surface area contributed by atoms with Gasteiger partial charge in [0.2, 0.25) is 0 Å². The largest absolute Gasteiger partial charge is 0.462 e. The maximum absolute atomic E-state index is 12.8. The molecule has 0 fully saturated rings. The first-order chi connectivity index (χ1) is 40.0.